The molecule has 2 N–H and O–H groups in total. The molecule has 2 aliphatic heterocycles. The number of hydrogen-bond donors (Lipinski definition) is 2. The fourth-order valence-electron chi connectivity index (χ4n) is 4.14. The van der Waals surface area contributed by atoms with Crippen molar-refractivity contribution in [3.8, 4) is 5.75 Å². The Hall–Kier alpha value is -1.06. The van der Waals surface area contributed by atoms with Crippen LogP contribution in [0, 0.1) is 12.8 Å². The van der Waals surface area contributed by atoms with Crippen molar-refractivity contribution in [3.05, 3.63) is 29.3 Å². The molecule has 0 aromatic heterocycles. The third kappa shape index (κ3) is 6.72. The number of benzene rings is 1. The van der Waals surface area contributed by atoms with E-state index in [0.29, 0.717) is 12.6 Å². The second-order valence-corrected chi connectivity index (χ2v) is 8.69. The highest BCUT2D eigenvalue weighted by molar-refractivity contribution is 14.0. The van der Waals surface area contributed by atoms with Crippen molar-refractivity contribution in [1.82, 2.24) is 15.5 Å². The maximum absolute atomic E-state index is 6.09. The Labute approximate surface area is 198 Å². The number of rotatable bonds is 8. The van der Waals surface area contributed by atoms with E-state index in [1.54, 1.807) is 0 Å². The number of guanidine groups is 1. The molecule has 168 valence electrons. The van der Waals surface area contributed by atoms with Gasteiger partial charge >= 0.3 is 0 Å². The van der Waals surface area contributed by atoms with Gasteiger partial charge in [-0.1, -0.05) is 12.1 Å². The number of aryl methyl sites for hydroxylation is 1. The lowest BCUT2D eigenvalue weighted by molar-refractivity contribution is -0.0453. The highest BCUT2D eigenvalue weighted by Crippen LogP contribution is 2.31. The van der Waals surface area contributed by atoms with Crippen molar-refractivity contribution in [2.75, 3.05) is 39.4 Å². The molecule has 2 unspecified atom stereocenters. The Balaban J connectivity index is 0.00000256. The highest BCUT2D eigenvalue weighted by atomic mass is 127. The Morgan fingerprint density at radius 3 is 2.93 bits per heavy atom. The van der Waals surface area contributed by atoms with Gasteiger partial charge in [0.1, 0.15) is 5.75 Å². The lowest BCUT2D eigenvalue weighted by atomic mass is 10.1. The summed E-state index contributed by atoms with van der Waals surface area (Å²) in [7, 11) is 0. The monoisotopic (exact) mass is 528 g/mol. The van der Waals surface area contributed by atoms with Gasteiger partial charge in [0.25, 0.3) is 0 Å². The fraction of sp³-hybridized carbons (Fsp3) is 0.696. The van der Waals surface area contributed by atoms with Crippen LogP contribution in [0.5, 0.6) is 5.75 Å². The first-order valence-electron chi connectivity index (χ1n) is 11.3. The fourth-order valence-corrected chi connectivity index (χ4v) is 4.14. The molecule has 0 amide bonds. The molecule has 0 bridgehead atoms. The summed E-state index contributed by atoms with van der Waals surface area (Å²) in [5.74, 6) is 2.57. The topological polar surface area (TPSA) is 58.1 Å². The number of morpholine rings is 1. The van der Waals surface area contributed by atoms with Gasteiger partial charge in [0.05, 0.1) is 25.9 Å². The Kier molecular flexibility index (Phi) is 9.07. The van der Waals surface area contributed by atoms with E-state index in [1.807, 2.05) is 0 Å². The van der Waals surface area contributed by atoms with Crippen molar-refractivity contribution in [2.24, 2.45) is 10.9 Å². The zero-order chi connectivity index (χ0) is 20.1. The largest absolute Gasteiger partial charge is 0.493 e. The van der Waals surface area contributed by atoms with Crippen LogP contribution < -0.4 is 15.4 Å². The summed E-state index contributed by atoms with van der Waals surface area (Å²) in [4.78, 5) is 7.39. The molecule has 4 rings (SSSR count). The van der Waals surface area contributed by atoms with Gasteiger partial charge in [0, 0.05) is 31.2 Å². The molecule has 2 saturated heterocycles. The van der Waals surface area contributed by atoms with E-state index in [2.05, 4.69) is 47.6 Å². The number of nitrogens with one attached hydrogen (secondary N) is 2. The average molecular weight is 528 g/mol. The molecule has 3 fully saturated rings. The van der Waals surface area contributed by atoms with E-state index >= 15 is 0 Å². The van der Waals surface area contributed by atoms with Gasteiger partial charge in [-0.2, -0.15) is 0 Å². The average Bonchev–Trinajstić information content (AvgIpc) is 3.44. The molecule has 3 aliphatic rings. The van der Waals surface area contributed by atoms with E-state index in [4.69, 9.17) is 14.5 Å². The number of hydrogen-bond acceptors (Lipinski definition) is 4. The highest BCUT2D eigenvalue weighted by Gasteiger charge is 2.32. The van der Waals surface area contributed by atoms with Crippen LogP contribution in [0.15, 0.2) is 23.2 Å². The molecule has 6 nitrogen and oxygen atoms in total. The van der Waals surface area contributed by atoms with Crippen molar-refractivity contribution in [2.45, 2.75) is 58.2 Å². The molecule has 7 heteroatoms. The first-order chi connectivity index (χ1) is 14.2. The van der Waals surface area contributed by atoms with Crippen molar-refractivity contribution < 1.29 is 9.47 Å². The summed E-state index contributed by atoms with van der Waals surface area (Å²) in [5.41, 5.74) is 2.37. The summed E-state index contributed by atoms with van der Waals surface area (Å²) < 4.78 is 12.2. The summed E-state index contributed by atoms with van der Waals surface area (Å²) in [6, 6.07) is 7.05. The third-order valence-corrected chi connectivity index (χ3v) is 6.10. The second kappa shape index (κ2) is 11.5. The molecule has 1 aromatic rings. The SMILES string of the molecule is CCNC(=NCc1ccc(C)cc1OCC1CC1)NCC1CN2CCCC2CO1.I. The molecule has 2 atom stereocenters. The predicted molar refractivity (Wildman–Crippen MR) is 132 cm³/mol. The normalized spacial score (nSPS) is 24.1. The van der Waals surface area contributed by atoms with Gasteiger partial charge in [0.15, 0.2) is 5.96 Å². The Bertz CT molecular complexity index is 710. The van der Waals surface area contributed by atoms with E-state index in [9.17, 15) is 0 Å². The Morgan fingerprint density at radius 1 is 1.27 bits per heavy atom. The number of nitrogens with zero attached hydrogens (tertiary/aromatic N) is 2. The van der Waals surface area contributed by atoms with Crippen LogP contribution in [0.25, 0.3) is 0 Å². The predicted octanol–water partition coefficient (Wildman–Crippen LogP) is 3.32. The molecule has 0 spiro atoms. The van der Waals surface area contributed by atoms with Gasteiger partial charge < -0.3 is 20.1 Å². The van der Waals surface area contributed by atoms with Crippen molar-refractivity contribution in [3.63, 3.8) is 0 Å². The number of halogens is 1. The van der Waals surface area contributed by atoms with E-state index < -0.39 is 0 Å². The zero-order valence-corrected chi connectivity index (χ0v) is 20.7. The lowest BCUT2D eigenvalue weighted by Gasteiger charge is -2.35. The first-order valence-corrected chi connectivity index (χ1v) is 11.3. The maximum Gasteiger partial charge on any atom is 0.191 e. The van der Waals surface area contributed by atoms with Crippen LogP contribution in [-0.4, -0.2) is 62.4 Å². The summed E-state index contributed by atoms with van der Waals surface area (Å²) in [6.07, 6.45) is 5.42. The van der Waals surface area contributed by atoms with Crippen molar-refractivity contribution >= 4 is 29.9 Å². The first kappa shape index (κ1) is 23.6. The smallest absolute Gasteiger partial charge is 0.191 e. The molecular formula is C23H37IN4O2. The van der Waals surface area contributed by atoms with Crippen LogP contribution >= 0.6 is 24.0 Å². The van der Waals surface area contributed by atoms with E-state index in [-0.39, 0.29) is 30.1 Å². The van der Waals surface area contributed by atoms with Gasteiger partial charge in [-0.3, -0.25) is 4.90 Å². The standard InChI is InChI=1S/C23H36N4O2.HI/c1-3-24-23(26-13-21-14-27-10-4-5-20(27)16-28-21)25-12-19-9-6-17(2)11-22(19)29-15-18-7-8-18;/h6,9,11,18,20-21H,3-5,7-8,10,12-16H2,1-2H3,(H2,24,25,26);1H. The number of aliphatic imine (C=N–C) groups is 1. The van der Waals surface area contributed by atoms with Crippen LogP contribution in [-0.2, 0) is 11.3 Å². The minimum absolute atomic E-state index is 0. The molecule has 2 heterocycles. The third-order valence-electron chi connectivity index (χ3n) is 6.10. The van der Waals surface area contributed by atoms with Crippen LogP contribution in [0.1, 0.15) is 43.7 Å². The van der Waals surface area contributed by atoms with Crippen LogP contribution in [0.2, 0.25) is 0 Å². The van der Waals surface area contributed by atoms with Gasteiger partial charge in [-0.15, -0.1) is 24.0 Å². The van der Waals surface area contributed by atoms with Gasteiger partial charge in [0.2, 0.25) is 0 Å². The quantitative estimate of drug-likeness (QED) is 0.308. The zero-order valence-electron chi connectivity index (χ0n) is 18.4. The van der Waals surface area contributed by atoms with Crippen LogP contribution in [0.4, 0.5) is 0 Å². The molecule has 1 aromatic carbocycles. The molecule has 0 radical (unpaired) electrons. The molecule has 1 aliphatic carbocycles. The van der Waals surface area contributed by atoms with E-state index in [0.717, 1.165) is 56.0 Å². The molecule has 1 saturated carbocycles. The summed E-state index contributed by atoms with van der Waals surface area (Å²) in [5, 5.41) is 6.84. The van der Waals surface area contributed by atoms with Crippen LogP contribution in [0.3, 0.4) is 0 Å². The summed E-state index contributed by atoms with van der Waals surface area (Å²) in [6.45, 7) is 10.4. The second-order valence-electron chi connectivity index (χ2n) is 8.69. The Morgan fingerprint density at radius 2 is 2.13 bits per heavy atom. The maximum atomic E-state index is 6.09. The lowest BCUT2D eigenvalue weighted by Crippen LogP contribution is -2.51. The molecular weight excluding hydrogens is 491 g/mol. The molecule has 30 heavy (non-hydrogen) atoms. The minimum atomic E-state index is 0. The number of ether oxygens (including phenoxy) is 2. The number of fused-ring (bicyclic) bond motifs is 1. The van der Waals surface area contributed by atoms with E-state index in [1.165, 1.54) is 37.8 Å². The van der Waals surface area contributed by atoms with Gasteiger partial charge in [-0.05, 0) is 63.6 Å². The van der Waals surface area contributed by atoms with Gasteiger partial charge in [-0.25, -0.2) is 4.99 Å². The van der Waals surface area contributed by atoms with Crippen molar-refractivity contribution in [1.29, 1.82) is 0 Å². The minimum Gasteiger partial charge on any atom is -0.493 e. The summed E-state index contributed by atoms with van der Waals surface area (Å²) >= 11 is 0.